The molecular weight excluding hydrogens is 285 g/mol. The summed E-state index contributed by atoms with van der Waals surface area (Å²) in [7, 11) is 0. The fourth-order valence-corrected chi connectivity index (χ4v) is 3.00. The van der Waals surface area contributed by atoms with Crippen LogP contribution in [0.1, 0.15) is 32.6 Å². The SMILES string of the molecule is CCN(C(=O)CN1CCC(C(O)C(F)(F)F)CC1)C1CC1. The first-order chi connectivity index (χ1) is 9.82. The number of amides is 1. The van der Waals surface area contributed by atoms with Crippen molar-refractivity contribution in [1.29, 1.82) is 0 Å². The molecule has 0 aromatic carbocycles. The van der Waals surface area contributed by atoms with Crippen LogP contribution in [0.25, 0.3) is 0 Å². The predicted octanol–water partition coefficient (Wildman–Crippen LogP) is 1.63. The lowest BCUT2D eigenvalue weighted by Gasteiger charge is -2.35. The van der Waals surface area contributed by atoms with E-state index >= 15 is 0 Å². The summed E-state index contributed by atoms with van der Waals surface area (Å²) >= 11 is 0. The summed E-state index contributed by atoms with van der Waals surface area (Å²) in [5.74, 6) is -0.683. The molecule has 0 bridgehead atoms. The maximum atomic E-state index is 12.5. The largest absolute Gasteiger partial charge is 0.414 e. The number of carbonyl (C=O) groups excluding carboxylic acids is 1. The van der Waals surface area contributed by atoms with Crippen LogP contribution in [0.4, 0.5) is 13.2 Å². The number of carbonyl (C=O) groups is 1. The molecule has 0 radical (unpaired) electrons. The number of aliphatic hydroxyl groups excluding tert-OH is 1. The van der Waals surface area contributed by atoms with E-state index in [-0.39, 0.29) is 25.3 Å². The molecule has 1 unspecified atom stereocenters. The van der Waals surface area contributed by atoms with Gasteiger partial charge in [-0.2, -0.15) is 13.2 Å². The van der Waals surface area contributed by atoms with E-state index in [0.717, 1.165) is 12.8 Å². The molecule has 1 saturated heterocycles. The average molecular weight is 308 g/mol. The minimum absolute atomic E-state index is 0.0646. The van der Waals surface area contributed by atoms with Gasteiger partial charge in [-0.3, -0.25) is 9.69 Å². The van der Waals surface area contributed by atoms with Crippen LogP contribution in [0.2, 0.25) is 0 Å². The smallest absolute Gasteiger partial charge is 0.383 e. The molecule has 1 amide bonds. The molecule has 2 aliphatic rings. The summed E-state index contributed by atoms with van der Waals surface area (Å²) in [5.41, 5.74) is 0. The Hall–Kier alpha value is -0.820. The lowest BCUT2D eigenvalue weighted by molar-refractivity contribution is -0.223. The highest BCUT2D eigenvalue weighted by molar-refractivity contribution is 5.78. The van der Waals surface area contributed by atoms with Crippen molar-refractivity contribution < 1.29 is 23.1 Å². The summed E-state index contributed by atoms with van der Waals surface area (Å²) in [6.45, 7) is 3.78. The van der Waals surface area contributed by atoms with Crippen LogP contribution in [-0.2, 0) is 4.79 Å². The van der Waals surface area contributed by atoms with Crippen LogP contribution in [0, 0.1) is 5.92 Å². The molecule has 7 heteroatoms. The Morgan fingerprint density at radius 3 is 2.29 bits per heavy atom. The van der Waals surface area contributed by atoms with E-state index < -0.39 is 18.2 Å². The number of hydrogen-bond acceptors (Lipinski definition) is 3. The second-order valence-electron chi connectivity index (χ2n) is 6.01. The fourth-order valence-electron chi connectivity index (χ4n) is 3.00. The third-order valence-corrected chi connectivity index (χ3v) is 4.42. The predicted molar refractivity (Wildman–Crippen MR) is 71.6 cm³/mol. The number of piperidine rings is 1. The van der Waals surface area contributed by atoms with Gasteiger partial charge in [-0.1, -0.05) is 0 Å². The highest BCUT2D eigenvalue weighted by Gasteiger charge is 2.44. The topological polar surface area (TPSA) is 43.8 Å². The highest BCUT2D eigenvalue weighted by atomic mass is 19.4. The second-order valence-corrected chi connectivity index (χ2v) is 6.01. The number of alkyl halides is 3. The zero-order chi connectivity index (χ0) is 15.6. The van der Waals surface area contributed by atoms with E-state index in [0.29, 0.717) is 25.7 Å². The molecular formula is C14H23F3N2O2. The Morgan fingerprint density at radius 1 is 1.29 bits per heavy atom. The molecule has 0 spiro atoms. The van der Waals surface area contributed by atoms with Crippen molar-refractivity contribution >= 4 is 5.91 Å². The van der Waals surface area contributed by atoms with Gasteiger partial charge in [0.15, 0.2) is 6.10 Å². The standard InChI is InChI=1S/C14H23F3N2O2/c1-2-19(11-3-4-11)12(20)9-18-7-5-10(6-8-18)13(21)14(15,16)17/h10-11,13,21H,2-9H2,1H3. The van der Waals surface area contributed by atoms with Gasteiger partial charge in [-0.15, -0.1) is 0 Å². The first-order valence-electron chi connectivity index (χ1n) is 7.59. The van der Waals surface area contributed by atoms with Crippen molar-refractivity contribution in [3.63, 3.8) is 0 Å². The minimum atomic E-state index is -4.55. The molecule has 4 nitrogen and oxygen atoms in total. The Kier molecular flexibility index (Phi) is 5.14. The Labute approximate surface area is 122 Å². The van der Waals surface area contributed by atoms with Crippen molar-refractivity contribution in [2.24, 2.45) is 5.92 Å². The van der Waals surface area contributed by atoms with Crippen molar-refractivity contribution in [2.75, 3.05) is 26.2 Å². The molecule has 1 saturated carbocycles. The third-order valence-electron chi connectivity index (χ3n) is 4.42. The molecule has 1 N–H and O–H groups in total. The van der Waals surface area contributed by atoms with Crippen LogP contribution in [0.15, 0.2) is 0 Å². The van der Waals surface area contributed by atoms with E-state index in [2.05, 4.69) is 0 Å². The van der Waals surface area contributed by atoms with Gasteiger partial charge in [0.2, 0.25) is 5.91 Å². The normalized spacial score (nSPS) is 23.1. The first-order valence-corrected chi connectivity index (χ1v) is 7.59. The molecule has 1 atom stereocenters. The monoisotopic (exact) mass is 308 g/mol. The zero-order valence-corrected chi connectivity index (χ0v) is 12.3. The number of nitrogens with zero attached hydrogens (tertiary/aromatic N) is 2. The number of aliphatic hydroxyl groups is 1. The average Bonchev–Trinajstić information content (AvgIpc) is 3.23. The van der Waals surface area contributed by atoms with Gasteiger partial charge in [0.25, 0.3) is 0 Å². The van der Waals surface area contributed by atoms with Crippen molar-refractivity contribution in [1.82, 2.24) is 9.80 Å². The van der Waals surface area contributed by atoms with Gasteiger partial charge in [0.1, 0.15) is 0 Å². The first kappa shape index (κ1) is 16.5. The fraction of sp³-hybridized carbons (Fsp3) is 0.929. The highest BCUT2D eigenvalue weighted by Crippen LogP contribution is 2.32. The van der Waals surface area contributed by atoms with E-state index in [1.807, 2.05) is 16.7 Å². The summed E-state index contributed by atoms with van der Waals surface area (Å²) in [5, 5.41) is 9.27. The summed E-state index contributed by atoms with van der Waals surface area (Å²) in [4.78, 5) is 15.9. The molecule has 2 rings (SSSR count). The molecule has 21 heavy (non-hydrogen) atoms. The quantitative estimate of drug-likeness (QED) is 0.839. The molecule has 122 valence electrons. The summed E-state index contributed by atoms with van der Waals surface area (Å²) in [6, 6.07) is 0.368. The van der Waals surface area contributed by atoms with E-state index in [4.69, 9.17) is 0 Å². The number of likely N-dealkylation sites (tertiary alicyclic amines) is 1. The van der Waals surface area contributed by atoms with Gasteiger partial charge in [0, 0.05) is 12.6 Å². The number of likely N-dealkylation sites (N-methyl/N-ethyl adjacent to an activating group) is 1. The van der Waals surface area contributed by atoms with Gasteiger partial charge in [0.05, 0.1) is 6.54 Å². The Bertz CT molecular complexity index is 364. The van der Waals surface area contributed by atoms with Crippen molar-refractivity contribution in [3.05, 3.63) is 0 Å². The minimum Gasteiger partial charge on any atom is -0.383 e. The number of hydrogen-bond donors (Lipinski definition) is 1. The summed E-state index contributed by atoms with van der Waals surface area (Å²) in [6.07, 6.45) is -4.12. The lowest BCUT2D eigenvalue weighted by atomic mass is 9.91. The maximum Gasteiger partial charge on any atom is 0.414 e. The molecule has 2 fully saturated rings. The van der Waals surface area contributed by atoms with Crippen molar-refractivity contribution in [3.8, 4) is 0 Å². The molecule has 1 aliphatic carbocycles. The maximum absolute atomic E-state index is 12.5. The van der Waals surface area contributed by atoms with E-state index in [1.54, 1.807) is 0 Å². The van der Waals surface area contributed by atoms with Crippen LogP contribution in [-0.4, -0.2) is 65.3 Å². The Morgan fingerprint density at radius 2 is 1.86 bits per heavy atom. The number of halogens is 3. The molecule has 1 aliphatic heterocycles. The van der Waals surface area contributed by atoms with Gasteiger partial charge < -0.3 is 10.0 Å². The van der Waals surface area contributed by atoms with Crippen molar-refractivity contribution in [2.45, 2.75) is 50.9 Å². The van der Waals surface area contributed by atoms with Crippen LogP contribution < -0.4 is 0 Å². The molecule has 1 heterocycles. The molecule has 0 aromatic heterocycles. The van der Waals surface area contributed by atoms with E-state index in [1.165, 1.54) is 0 Å². The van der Waals surface area contributed by atoms with Gasteiger partial charge in [-0.05, 0) is 51.6 Å². The van der Waals surface area contributed by atoms with Gasteiger partial charge in [-0.25, -0.2) is 0 Å². The third kappa shape index (κ3) is 4.32. The lowest BCUT2D eigenvalue weighted by Crippen LogP contribution is -2.47. The van der Waals surface area contributed by atoms with E-state index in [9.17, 15) is 23.1 Å². The van der Waals surface area contributed by atoms with Crippen LogP contribution >= 0.6 is 0 Å². The number of rotatable bonds is 5. The van der Waals surface area contributed by atoms with Gasteiger partial charge >= 0.3 is 6.18 Å². The Balaban J connectivity index is 1.77. The summed E-state index contributed by atoms with van der Waals surface area (Å²) < 4.78 is 37.4. The van der Waals surface area contributed by atoms with Crippen LogP contribution in [0.5, 0.6) is 0 Å². The molecule has 0 aromatic rings. The zero-order valence-electron chi connectivity index (χ0n) is 12.3. The van der Waals surface area contributed by atoms with Crippen LogP contribution in [0.3, 0.4) is 0 Å². The second kappa shape index (κ2) is 6.52.